The fourth-order valence-electron chi connectivity index (χ4n) is 1.78. The monoisotopic (exact) mass is 205 g/mol. The molecule has 2 rings (SSSR count). The highest BCUT2D eigenvalue weighted by Gasteiger charge is 2.26. The number of rotatable bonds is 4. The number of hydrogen-bond donors (Lipinski definition) is 1. The van der Waals surface area contributed by atoms with Crippen molar-refractivity contribution in [2.24, 2.45) is 0 Å². The molecule has 0 atom stereocenters. The molecule has 0 aromatic heterocycles. The maximum Gasteiger partial charge on any atom is 0.336 e. The third-order valence-electron chi connectivity index (χ3n) is 2.84. The minimum Gasteiger partial charge on any atom is -0.478 e. The molecule has 0 bridgehead atoms. The Morgan fingerprint density at radius 3 is 2.73 bits per heavy atom. The van der Waals surface area contributed by atoms with Crippen LogP contribution in [0.15, 0.2) is 24.3 Å². The van der Waals surface area contributed by atoms with Gasteiger partial charge in [0.25, 0.3) is 0 Å². The van der Waals surface area contributed by atoms with Crippen LogP contribution in [0.4, 0.5) is 0 Å². The second-order valence-corrected chi connectivity index (χ2v) is 4.11. The molecule has 0 spiro atoms. The molecule has 3 nitrogen and oxygen atoms in total. The van der Waals surface area contributed by atoms with Crippen LogP contribution in [0.5, 0.6) is 0 Å². The lowest BCUT2D eigenvalue weighted by atomic mass is 10.1. The van der Waals surface area contributed by atoms with Crippen molar-refractivity contribution in [1.82, 2.24) is 4.90 Å². The van der Waals surface area contributed by atoms with Crippen LogP contribution < -0.4 is 0 Å². The van der Waals surface area contributed by atoms with Crippen LogP contribution in [0.2, 0.25) is 0 Å². The van der Waals surface area contributed by atoms with Crippen molar-refractivity contribution in [2.45, 2.75) is 25.4 Å². The summed E-state index contributed by atoms with van der Waals surface area (Å²) in [5.74, 6) is -0.838. The lowest BCUT2D eigenvalue weighted by Crippen LogP contribution is -2.21. The van der Waals surface area contributed by atoms with Crippen molar-refractivity contribution >= 4 is 5.97 Å². The number of carboxylic acids is 1. The molecule has 1 aliphatic rings. The molecule has 0 aliphatic heterocycles. The molecule has 80 valence electrons. The van der Waals surface area contributed by atoms with Gasteiger partial charge in [-0.3, -0.25) is 4.90 Å². The molecule has 3 heteroatoms. The summed E-state index contributed by atoms with van der Waals surface area (Å²) < 4.78 is 0. The van der Waals surface area contributed by atoms with E-state index in [1.807, 2.05) is 12.1 Å². The number of hydrogen-bond acceptors (Lipinski definition) is 2. The van der Waals surface area contributed by atoms with Crippen LogP contribution in [-0.2, 0) is 6.54 Å². The van der Waals surface area contributed by atoms with E-state index >= 15 is 0 Å². The van der Waals surface area contributed by atoms with E-state index in [1.165, 1.54) is 12.8 Å². The Kier molecular flexibility index (Phi) is 2.73. The minimum absolute atomic E-state index is 0.421. The summed E-state index contributed by atoms with van der Waals surface area (Å²) in [6.07, 6.45) is 2.48. The molecule has 1 aliphatic carbocycles. The number of aromatic carboxylic acids is 1. The predicted molar refractivity (Wildman–Crippen MR) is 57.9 cm³/mol. The molecule has 0 saturated heterocycles. The van der Waals surface area contributed by atoms with Gasteiger partial charge in [0.1, 0.15) is 0 Å². The smallest absolute Gasteiger partial charge is 0.336 e. The Hall–Kier alpha value is -1.35. The third-order valence-corrected chi connectivity index (χ3v) is 2.84. The average molecular weight is 205 g/mol. The van der Waals surface area contributed by atoms with Crippen LogP contribution in [-0.4, -0.2) is 29.1 Å². The Balaban J connectivity index is 2.15. The summed E-state index contributed by atoms with van der Waals surface area (Å²) in [4.78, 5) is 13.2. The van der Waals surface area contributed by atoms with Gasteiger partial charge in [-0.25, -0.2) is 4.79 Å². The first kappa shape index (κ1) is 10.2. The topological polar surface area (TPSA) is 40.5 Å². The van der Waals surface area contributed by atoms with E-state index in [9.17, 15) is 4.79 Å². The van der Waals surface area contributed by atoms with Gasteiger partial charge in [0.2, 0.25) is 0 Å². The molecule has 0 radical (unpaired) electrons. The fourth-order valence-corrected chi connectivity index (χ4v) is 1.78. The van der Waals surface area contributed by atoms with Crippen LogP contribution in [0.1, 0.15) is 28.8 Å². The summed E-state index contributed by atoms with van der Waals surface area (Å²) in [6.45, 7) is 0.729. The highest BCUT2D eigenvalue weighted by atomic mass is 16.4. The van der Waals surface area contributed by atoms with Gasteiger partial charge in [-0.05, 0) is 31.5 Å². The molecule has 0 unspecified atom stereocenters. The average Bonchev–Trinajstić information content (AvgIpc) is 3.01. The molecule has 1 saturated carbocycles. The number of benzene rings is 1. The molecular formula is C12H15NO2. The molecule has 15 heavy (non-hydrogen) atoms. The third kappa shape index (κ3) is 2.36. The van der Waals surface area contributed by atoms with Crippen LogP contribution in [0.25, 0.3) is 0 Å². The van der Waals surface area contributed by atoms with Crippen molar-refractivity contribution in [3.8, 4) is 0 Å². The Bertz CT molecular complexity index is 372. The van der Waals surface area contributed by atoms with Gasteiger partial charge in [0.05, 0.1) is 5.56 Å². The number of carboxylic acid groups (broad SMARTS) is 1. The second-order valence-electron chi connectivity index (χ2n) is 4.11. The van der Waals surface area contributed by atoms with E-state index in [2.05, 4.69) is 11.9 Å². The van der Waals surface area contributed by atoms with Crippen LogP contribution in [0, 0.1) is 0 Å². The van der Waals surface area contributed by atoms with Crippen molar-refractivity contribution in [3.63, 3.8) is 0 Å². The van der Waals surface area contributed by atoms with E-state index in [0.717, 1.165) is 12.1 Å². The molecule has 0 amide bonds. The van der Waals surface area contributed by atoms with Gasteiger partial charge in [-0.1, -0.05) is 18.2 Å². The first-order valence-electron chi connectivity index (χ1n) is 5.20. The second kappa shape index (κ2) is 4.03. The molecular weight excluding hydrogens is 190 g/mol. The van der Waals surface area contributed by atoms with E-state index in [4.69, 9.17) is 5.11 Å². The highest BCUT2D eigenvalue weighted by molar-refractivity contribution is 5.89. The fraction of sp³-hybridized carbons (Fsp3) is 0.417. The Labute approximate surface area is 89.3 Å². The van der Waals surface area contributed by atoms with E-state index in [-0.39, 0.29) is 0 Å². The van der Waals surface area contributed by atoms with E-state index in [1.54, 1.807) is 12.1 Å². The minimum atomic E-state index is -0.838. The van der Waals surface area contributed by atoms with Gasteiger partial charge >= 0.3 is 5.97 Å². The zero-order chi connectivity index (χ0) is 10.8. The normalized spacial score (nSPS) is 15.6. The van der Waals surface area contributed by atoms with Crippen molar-refractivity contribution in [1.29, 1.82) is 0 Å². The van der Waals surface area contributed by atoms with Crippen LogP contribution in [0.3, 0.4) is 0 Å². The summed E-state index contributed by atoms with van der Waals surface area (Å²) in [5.41, 5.74) is 1.32. The van der Waals surface area contributed by atoms with Gasteiger partial charge in [-0.2, -0.15) is 0 Å². The SMILES string of the molecule is CN(Cc1ccccc1C(=O)O)C1CC1. The van der Waals surface area contributed by atoms with Crippen LogP contribution >= 0.6 is 0 Å². The lowest BCUT2D eigenvalue weighted by Gasteiger charge is -2.16. The lowest BCUT2D eigenvalue weighted by molar-refractivity contribution is 0.0694. The number of carbonyl (C=O) groups is 1. The van der Waals surface area contributed by atoms with E-state index < -0.39 is 5.97 Å². The summed E-state index contributed by atoms with van der Waals surface area (Å²) in [7, 11) is 2.05. The first-order chi connectivity index (χ1) is 7.18. The zero-order valence-electron chi connectivity index (χ0n) is 8.81. The quantitative estimate of drug-likeness (QED) is 0.817. The Morgan fingerprint density at radius 1 is 1.47 bits per heavy atom. The first-order valence-corrected chi connectivity index (χ1v) is 5.20. The van der Waals surface area contributed by atoms with Gasteiger partial charge in [0, 0.05) is 12.6 Å². The van der Waals surface area contributed by atoms with Gasteiger partial charge in [-0.15, -0.1) is 0 Å². The number of nitrogens with zero attached hydrogens (tertiary/aromatic N) is 1. The highest BCUT2D eigenvalue weighted by Crippen LogP contribution is 2.27. The van der Waals surface area contributed by atoms with Crippen molar-refractivity contribution in [3.05, 3.63) is 35.4 Å². The summed E-state index contributed by atoms with van der Waals surface area (Å²) in [5, 5.41) is 9.01. The summed E-state index contributed by atoms with van der Waals surface area (Å²) in [6, 6.07) is 7.87. The van der Waals surface area contributed by atoms with Gasteiger partial charge in [0.15, 0.2) is 0 Å². The molecule has 0 heterocycles. The zero-order valence-corrected chi connectivity index (χ0v) is 8.81. The Morgan fingerprint density at radius 2 is 2.13 bits per heavy atom. The summed E-state index contributed by atoms with van der Waals surface area (Å²) >= 11 is 0. The molecule has 1 aromatic carbocycles. The van der Waals surface area contributed by atoms with Crippen molar-refractivity contribution in [2.75, 3.05) is 7.05 Å². The van der Waals surface area contributed by atoms with E-state index in [0.29, 0.717) is 11.6 Å². The predicted octanol–water partition coefficient (Wildman–Crippen LogP) is 1.98. The molecule has 1 aromatic rings. The largest absolute Gasteiger partial charge is 0.478 e. The standard InChI is InChI=1S/C12H15NO2/c1-13(10-6-7-10)8-9-4-2-3-5-11(9)12(14)15/h2-5,10H,6-8H2,1H3,(H,14,15). The maximum absolute atomic E-state index is 11.0. The van der Waals surface area contributed by atoms with Gasteiger partial charge < -0.3 is 5.11 Å². The van der Waals surface area contributed by atoms with Crippen molar-refractivity contribution < 1.29 is 9.90 Å². The maximum atomic E-state index is 11.0. The molecule has 1 N–H and O–H groups in total. The molecule has 1 fully saturated rings.